The van der Waals surface area contributed by atoms with Crippen molar-refractivity contribution in [3.8, 4) is 0 Å². The first kappa shape index (κ1) is 10.5. The lowest BCUT2D eigenvalue weighted by Gasteiger charge is -2.22. The molecule has 76 valence electrons. The van der Waals surface area contributed by atoms with Gasteiger partial charge in [0.05, 0.1) is 0 Å². The molecule has 0 aromatic carbocycles. The first-order chi connectivity index (χ1) is 6.11. The highest BCUT2D eigenvalue weighted by Crippen LogP contribution is 2.14. The Kier molecular flexibility index (Phi) is 3.72. The third-order valence-electron chi connectivity index (χ3n) is 2.22. The van der Waals surface area contributed by atoms with Crippen LogP contribution >= 0.6 is 0 Å². The molecule has 1 heterocycles. The molecular weight excluding hydrogens is 166 g/mol. The zero-order valence-electron chi connectivity index (χ0n) is 8.75. The smallest absolute Gasteiger partial charge is 0.251 e. The van der Waals surface area contributed by atoms with Crippen LogP contribution in [0.3, 0.4) is 0 Å². The lowest BCUT2D eigenvalue weighted by molar-refractivity contribution is -0.140. The van der Waals surface area contributed by atoms with Crippen molar-refractivity contribution >= 4 is 5.91 Å². The standard InChI is InChI=1S/C10H19NO2/c1-8(2)7-11(3)10(12)9-5-4-6-13-9/h8-9H,4-7H2,1-3H3/t9-/m1/s1. The Morgan fingerprint density at radius 3 is 2.77 bits per heavy atom. The van der Waals surface area contributed by atoms with Gasteiger partial charge in [-0.2, -0.15) is 0 Å². The van der Waals surface area contributed by atoms with Gasteiger partial charge in [0.1, 0.15) is 6.10 Å². The summed E-state index contributed by atoms with van der Waals surface area (Å²) in [6, 6.07) is 0. The minimum Gasteiger partial charge on any atom is -0.368 e. The van der Waals surface area contributed by atoms with E-state index in [1.165, 1.54) is 0 Å². The second-order valence-electron chi connectivity index (χ2n) is 4.11. The predicted molar refractivity (Wildman–Crippen MR) is 51.4 cm³/mol. The van der Waals surface area contributed by atoms with E-state index < -0.39 is 0 Å². The molecule has 1 amide bonds. The van der Waals surface area contributed by atoms with Gasteiger partial charge in [0, 0.05) is 20.2 Å². The number of likely N-dealkylation sites (N-methyl/N-ethyl adjacent to an activating group) is 1. The van der Waals surface area contributed by atoms with Crippen molar-refractivity contribution < 1.29 is 9.53 Å². The molecule has 13 heavy (non-hydrogen) atoms. The van der Waals surface area contributed by atoms with E-state index in [1.807, 2.05) is 7.05 Å². The number of ether oxygens (including phenoxy) is 1. The van der Waals surface area contributed by atoms with Crippen molar-refractivity contribution in [2.45, 2.75) is 32.8 Å². The second kappa shape index (κ2) is 4.61. The summed E-state index contributed by atoms with van der Waals surface area (Å²) in [5.41, 5.74) is 0. The molecular formula is C10H19NO2. The van der Waals surface area contributed by atoms with Crippen LogP contribution in [0, 0.1) is 5.92 Å². The first-order valence-electron chi connectivity index (χ1n) is 4.98. The van der Waals surface area contributed by atoms with Gasteiger partial charge >= 0.3 is 0 Å². The van der Waals surface area contributed by atoms with E-state index in [9.17, 15) is 4.79 Å². The van der Waals surface area contributed by atoms with Crippen LogP contribution in [0.2, 0.25) is 0 Å². The highest BCUT2D eigenvalue weighted by atomic mass is 16.5. The van der Waals surface area contributed by atoms with Crippen LogP contribution in [-0.2, 0) is 9.53 Å². The molecule has 0 spiro atoms. The Morgan fingerprint density at radius 1 is 1.62 bits per heavy atom. The molecule has 1 rings (SSSR count). The average molecular weight is 185 g/mol. The Balaban J connectivity index is 2.36. The van der Waals surface area contributed by atoms with Crippen LogP contribution in [0.15, 0.2) is 0 Å². The van der Waals surface area contributed by atoms with E-state index in [-0.39, 0.29) is 12.0 Å². The second-order valence-corrected chi connectivity index (χ2v) is 4.11. The van der Waals surface area contributed by atoms with Gasteiger partial charge in [0.2, 0.25) is 0 Å². The molecule has 0 bridgehead atoms. The van der Waals surface area contributed by atoms with Gasteiger partial charge in [0.25, 0.3) is 5.91 Å². The summed E-state index contributed by atoms with van der Waals surface area (Å²) < 4.78 is 5.33. The van der Waals surface area contributed by atoms with Crippen LogP contribution in [0.4, 0.5) is 0 Å². The van der Waals surface area contributed by atoms with Gasteiger partial charge in [-0.05, 0) is 18.8 Å². The molecule has 0 aromatic heterocycles. The fourth-order valence-electron chi connectivity index (χ4n) is 1.66. The molecule has 1 aliphatic heterocycles. The third kappa shape index (κ3) is 2.99. The zero-order chi connectivity index (χ0) is 9.84. The first-order valence-corrected chi connectivity index (χ1v) is 4.98. The van der Waals surface area contributed by atoms with Gasteiger partial charge in [-0.3, -0.25) is 4.79 Å². The molecule has 1 aliphatic rings. The summed E-state index contributed by atoms with van der Waals surface area (Å²) >= 11 is 0. The minimum atomic E-state index is -0.163. The predicted octanol–water partition coefficient (Wildman–Crippen LogP) is 1.28. The number of hydrogen-bond acceptors (Lipinski definition) is 2. The van der Waals surface area contributed by atoms with Crippen molar-refractivity contribution in [3.63, 3.8) is 0 Å². The van der Waals surface area contributed by atoms with Crippen LogP contribution in [0.1, 0.15) is 26.7 Å². The average Bonchev–Trinajstić information content (AvgIpc) is 2.53. The monoisotopic (exact) mass is 185 g/mol. The molecule has 0 aliphatic carbocycles. The van der Waals surface area contributed by atoms with Crippen molar-refractivity contribution in [1.82, 2.24) is 4.90 Å². The highest BCUT2D eigenvalue weighted by Gasteiger charge is 2.26. The lowest BCUT2D eigenvalue weighted by atomic mass is 10.2. The van der Waals surface area contributed by atoms with Crippen molar-refractivity contribution in [3.05, 3.63) is 0 Å². The number of carbonyl (C=O) groups excluding carboxylic acids is 1. The summed E-state index contributed by atoms with van der Waals surface area (Å²) in [4.78, 5) is 13.5. The molecule has 0 unspecified atom stereocenters. The largest absolute Gasteiger partial charge is 0.368 e. The summed E-state index contributed by atoms with van der Waals surface area (Å²) in [6.45, 7) is 5.78. The number of hydrogen-bond donors (Lipinski definition) is 0. The minimum absolute atomic E-state index is 0.145. The van der Waals surface area contributed by atoms with E-state index in [0.29, 0.717) is 5.92 Å². The Morgan fingerprint density at radius 2 is 2.31 bits per heavy atom. The third-order valence-corrected chi connectivity index (χ3v) is 2.22. The van der Waals surface area contributed by atoms with Crippen LogP contribution in [-0.4, -0.2) is 37.1 Å². The van der Waals surface area contributed by atoms with Gasteiger partial charge in [-0.1, -0.05) is 13.8 Å². The molecule has 1 saturated heterocycles. The molecule has 1 fully saturated rings. The van der Waals surface area contributed by atoms with Crippen molar-refractivity contribution in [1.29, 1.82) is 0 Å². The maximum Gasteiger partial charge on any atom is 0.251 e. The number of amides is 1. The summed E-state index contributed by atoms with van der Waals surface area (Å²) in [6.07, 6.45) is 1.75. The number of carbonyl (C=O) groups is 1. The van der Waals surface area contributed by atoms with E-state index in [0.717, 1.165) is 26.0 Å². The summed E-state index contributed by atoms with van der Waals surface area (Å²) in [5.74, 6) is 0.668. The van der Waals surface area contributed by atoms with Gasteiger partial charge in [-0.25, -0.2) is 0 Å². The molecule has 0 N–H and O–H groups in total. The molecule has 0 aromatic rings. The maximum atomic E-state index is 11.7. The number of nitrogens with zero attached hydrogens (tertiary/aromatic N) is 1. The van der Waals surface area contributed by atoms with E-state index in [2.05, 4.69) is 13.8 Å². The van der Waals surface area contributed by atoms with Crippen molar-refractivity contribution in [2.75, 3.05) is 20.2 Å². The fraction of sp³-hybridized carbons (Fsp3) is 0.900. The molecule has 3 heteroatoms. The van der Waals surface area contributed by atoms with Gasteiger partial charge in [0.15, 0.2) is 0 Å². The van der Waals surface area contributed by atoms with Crippen LogP contribution < -0.4 is 0 Å². The number of rotatable bonds is 3. The van der Waals surface area contributed by atoms with E-state index in [1.54, 1.807) is 4.90 Å². The van der Waals surface area contributed by atoms with E-state index in [4.69, 9.17) is 4.74 Å². The summed E-state index contributed by atoms with van der Waals surface area (Å²) in [5, 5.41) is 0. The topological polar surface area (TPSA) is 29.5 Å². The van der Waals surface area contributed by atoms with Crippen LogP contribution in [0.25, 0.3) is 0 Å². The Hall–Kier alpha value is -0.570. The Labute approximate surface area is 80.1 Å². The summed E-state index contributed by atoms with van der Waals surface area (Å²) in [7, 11) is 1.85. The SMILES string of the molecule is CC(C)CN(C)C(=O)[C@H]1CCCO1. The molecule has 3 nitrogen and oxygen atoms in total. The van der Waals surface area contributed by atoms with Gasteiger partial charge < -0.3 is 9.64 Å². The quantitative estimate of drug-likeness (QED) is 0.663. The Bertz CT molecular complexity index is 174. The zero-order valence-corrected chi connectivity index (χ0v) is 8.75. The van der Waals surface area contributed by atoms with Crippen LogP contribution in [0.5, 0.6) is 0 Å². The maximum absolute atomic E-state index is 11.7. The normalized spacial score (nSPS) is 22.3. The highest BCUT2D eigenvalue weighted by molar-refractivity contribution is 5.80. The fourth-order valence-corrected chi connectivity index (χ4v) is 1.66. The molecule has 1 atom stereocenters. The molecule has 0 radical (unpaired) electrons. The molecule has 0 saturated carbocycles. The van der Waals surface area contributed by atoms with Crippen molar-refractivity contribution in [2.24, 2.45) is 5.92 Å². The van der Waals surface area contributed by atoms with E-state index >= 15 is 0 Å². The van der Waals surface area contributed by atoms with Gasteiger partial charge in [-0.15, -0.1) is 0 Å². The lowest BCUT2D eigenvalue weighted by Crippen LogP contribution is -2.38.